The maximum Gasteiger partial charge on any atom is 0.0446 e. The molecule has 0 amide bonds. The van der Waals surface area contributed by atoms with Crippen LogP contribution in [0.1, 0.15) is 36.6 Å². The average Bonchev–Trinajstić information content (AvgIpc) is 2.18. The molecule has 84 valence electrons. The first kappa shape index (κ1) is 12.2. The standard InChI is InChI=1S/C13H22N2/c1-9(2)15-13(8-14)12-6-5-10(3)11(4)7-12/h5-7,9,13,15H,8,14H2,1-4H3. The van der Waals surface area contributed by atoms with Crippen LogP contribution >= 0.6 is 0 Å². The quantitative estimate of drug-likeness (QED) is 0.793. The van der Waals surface area contributed by atoms with E-state index in [1.807, 2.05) is 0 Å². The third-order valence-electron chi connectivity index (χ3n) is 2.70. The molecular formula is C13H22N2. The lowest BCUT2D eigenvalue weighted by Gasteiger charge is -2.20. The van der Waals surface area contributed by atoms with E-state index in [2.05, 4.69) is 51.2 Å². The molecular weight excluding hydrogens is 184 g/mol. The number of hydrogen-bond acceptors (Lipinski definition) is 2. The van der Waals surface area contributed by atoms with Crippen LogP contribution in [0, 0.1) is 13.8 Å². The van der Waals surface area contributed by atoms with Crippen LogP contribution in [0.3, 0.4) is 0 Å². The van der Waals surface area contributed by atoms with E-state index in [0.29, 0.717) is 12.6 Å². The van der Waals surface area contributed by atoms with Crippen LogP contribution in [-0.4, -0.2) is 12.6 Å². The van der Waals surface area contributed by atoms with E-state index in [4.69, 9.17) is 5.73 Å². The van der Waals surface area contributed by atoms with E-state index < -0.39 is 0 Å². The maximum absolute atomic E-state index is 5.78. The molecule has 0 saturated heterocycles. The molecule has 2 nitrogen and oxygen atoms in total. The summed E-state index contributed by atoms with van der Waals surface area (Å²) in [5.74, 6) is 0. The Kier molecular flexibility index (Phi) is 4.30. The molecule has 0 bridgehead atoms. The Hall–Kier alpha value is -0.860. The Labute approximate surface area is 92.9 Å². The molecule has 1 atom stereocenters. The van der Waals surface area contributed by atoms with Crippen molar-refractivity contribution in [1.82, 2.24) is 5.32 Å². The van der Waals surface area contributed by atoms with Gasteiger partial charge in [0.15, 0.2) is 0 Å². The second-order valence-electron chi connectivity index (χ2n) is 4.45. The maximum atomic E-state index is 5.78. The van der Waals surface area contributed by atoms with Crippen molar-refractivity contribution in [2.45, 2.75) is 39.8 Å². The molecule has 0 aromatic heterocycles. The summed E-state index contributed by atoms with van der Waals surface area (Å²) in [4.78, 5) is 0. The van der Waals surface area contributed by atoms with Crippen molar-refractivity contribution in [3.05, 3.63) is 34.9 Å². The first-order valence-electron chi connectivity index (χ1n) is 5.58. The Bertz CT molecular complexity index is 318. The minimum atomic E-state index is 0.268. The average molecular weight is 206 g/mol. The number of hydrogen-bond donors (Lipinski definition) is 2. The van der Waals surface area contributed by atoms with Gasteiger partial charge in [0.25, 0.3) is 0 Å². The van der Waals surface area contributed by atoms with E-state index in [1.165, 1.54) is 16.7 Å². The van der Waals surface area contributed by atoms with Crippen LogP contribution in [0.25, 0.3) is 0 Å². The summed E-state index contributed by atoms with van der Waals surface area (Å²) in [5, 5.41) is 3.47. The number of nitrogens with two attached hydrogens (primary N) is 1. The van der Waals surface area contributed by atoms with Gasteiger partial charge in [-0.15, -0.1) is 0 Å². The van der Waals surface area contributed by atoms with Crippen molar-refractivity contribution in [3.63, 3.8) is 0 Å². The number of nitrogens with one attached hydrogen (secondary N) is 1. The summed E-state index contributed by atoms with van der Waals surface area (Å²) in [6, 6.07) is 7.27. The normalized spacial score (nSPS) is 13.2. The number of rotatable bonds is 4. The zero-order chi connectivity index (χ0) is 11.4. The molecule has 15 heavy (non-hydrogen) atoms. The predicted molar refractivity (Wildman–Crippen MR) is 66.0 cm³/mol. The van der Waals surface area contributed by atoms with E-state index >= 15 is 0 Å². The Morgan fingerprint density at radius 3 is 2.33 bits per heavy atom. The molecule has 2 heteroatoms. The van der Waals surface area contributed by atoms with Gasteiger partial charge in [-0.2, -0.15) is 0 Å². The summed E-state index contributed by atoms with van der Waals surface area (Å²) >= 11 is 0. The molecule has 0 aliphatic heterocycles. The molecule has 0 fully saturated rings. The van der Waals surface area contributed by atoms with Crippen molar-refractivity contribution in [1.29, 1.82) is 0 Å². The van der Waals surface area contributed by atoms with Crippen molar-refractivity contribution >= 4 is 0 Å². The number of benzene rings is 1. The largest absolute Gasteiger partial charge is 0.329 e. The molecule has 0 aliphatic carbocycles. The van der Waals surface area contributed by atoms with Crippen LogP contribution in [0.5, 0.6) is 0 Å². The third-order valence-corrected chi connectivity index (χ3v) is 2.70. The summed E-state index contributed by atoms with van der Waals surface area (Å²) in [7, 11) is 0. The minimum Gasteiger partial charge on any atom is -0.329 e. The lowest BCUT2D eigenvalue weighted by Crippen LogP contribution is -2.33. The van der Waals surface area contributed by atoms with Crippen LogP contribution in [-0.2, 0) is 0 Å². The van der Waals surface area contributed by atoms with Gasteiger partial charge in [-0.3, -0.25) is 0 Å². The zero-order valence-corrected chi connectivity index (χ0v) is 10.2. The van der Waals surface area contributed by atoms with E-state index in [-0.39, 0.29) is 6.04 Å². The fraction of sp³-hybridized carbons (Fsp3) is 0.538. The van der Waals surface area contributed by atoms with Crippen LogP contribution in [0.15, 0.2) is 18.2 Å². The highest BCUT2D eigenvalue weighted by Gasteiger charge is 2.10. The SMILES string of the molecule is Cc1ccc(C(CN)NC(C)C)cc1C. The van der Waals surface area contributed by atoms with Crippen molar-refractivity contribution in [2.75, 3.05) is 6.54 Å². The van der Waals surface area contributed by atoms with Crippen LogP contribution in [0.4, 0.5) is 0 Å². The second-order valence-corrected chi connectivity index (χ2v) is 4.45. The summed E-state index contributed by atoms with van der Waals surface area (Å²) in [6.07, 6.45) is 0. The molecule has 0 saturated carbocycles. The van der Waals surface area contributed by atoms with E-state index in [9.17, 15) is 0 Å². The molecule has 1 unspecified atom stereocenters. The predicted octanol–water partition coefficient (Wildman–Crippen LogP) is 2.30. The summed E-state index contributed by atoms with van der Waals surface area (Å²) < 4.78 is 0. The van der Waals surface area contributed by atoms with Gasteiger partial charge in [-0.25, -0.2) is 0 Å². The lowest BCUT2D eigenvalue weighted by atomic mass is 10.0. The van der Waals surface area contributed by atoms with Gasteiger partial charge < -0.3 is 11.1 Å². The topological polar surface area (TPSA) is 38.0 Å². The first-order chi connectivity index (χ1) is 7.04. The van der Waals surface area contributed by atoms with Crippen molar-refractivity contribution in [3.8, 4) is 0 Å². The van der Waals surface area contributed by atoms with Gasteiger partial charge in [0.05, 0.1) is 0 Å². The van der Waals surface area contributed by atoms with Gasteiger partial charge >= 0.3 is 0 Å². The molecule has 0 spiro atoms. The van der Waals surface area contributed by atoms with Crippen molar-refractivity contribution < 1.29 is 0 Å². The Morgan fingerprint density at radius 2 is 1.87 bits per heavy atom. The molecule has 1 aromatic rings. The second kappa shape index (κ2) is 5.29. The van der Waals surface area contributed by atoms with Gasteiger partial charge in [-0.1, -0.05) is 32.0 Å². The molecule has 0 aliphatic rings. The minimum absolute atomic E-state index is 0.268. The smallest absolute Gasteiger partial charge is 0.0446 e. The Morgan fingerprint density at radius 1 is 1.20 bits per heavy atom. The number of aryl methyl sites for hydroxylation is 2. The molecule has 0 heterocycles. The third kappa shape index (κ3) is 3.33. The molecule has 3 N–H and O–H groups in total. The van der Waals surface area contributed by atoms with Gasteiger partial charge in [0.2, 0.25) is 0 Å². The fourth-order valence-electron chi connectivity index (χ4n) is 1.68. The van der Waals surface area contributed by atoms with E-state index in [0.717, 1.165) is 0 Å². The van der Waals surface area contributed by atoms with Gasteiger partial charge in [0.1, 0.15) is 0 Å². The van der Waals surface area contributed by atoms with E-state index in [1.54, 1.807) is 0 Å². The molecule has 1 rings (SSSR count). The molecule has 1 aromatic carbocycles. The fourth-order valence-corrected chi connectivity index (χ4v) is 1.68. The van der Waals surface area contributed by atoms with Crippen molar-refractivity contribution in [2.24, 2.45) is 5.73 Å². The highest BCUT2D eigenvalue weighted by Crippen LogP contribution is 2.16. The zero-order valence-electron chi connectivity index (χ0n) is 10.2. The van der Waals surface area contributed by atoms with Crippen LogP contribution < -0.4 is 11.1 Å². The summed E-state index contributed by atoms with van der Waals surface area (Å²) in [5.41, 5.74) is 9.73. The first-order valence-corrected chi connectivity index (χ1v) is 5.58. The van der Waals surface area contributed by atoms with Gasteiger partial charge in [0, 0.05) is 18.6 Å². The highest BCUT2D eigenvalue weighted by atomic mass is 15.0. The highest BCUT2D eigenvalue weighted by molar-refractivity contribution is 5.31. The summed E-state index contributed by atoms with van der Waals surface area (Å²) in [6.45, 7) is 9.20. The van der Waals surface area contributed by atoms with Crippen LogP contribution in [0.2, 0.25) is 0 Å². The Balaban J connectivity index is 2.87. The lowest BCUT2D eigenvalue weighted by molar-refractivity contribution is 0.483. The molecule has 0 radical (unpaired) electrons. The monoisotopic (exact) mass is 206 g/mol. The van der Waals surface area contributed by atoms with Gasteiger partial charge in [-0.05, 0) is 30.5 Å².